The molecule has 1 aromatic rings. The van der Waals surface area contributed by atoms with Gasteiger partial charge in [0.25, 0.3) is 11.4 Å². The number of carbonyl (C=O) groups excluding carboxylic acids is 1. The summed E-state index contributed by atoms with van der Waals surface area (Å²) in [6.07, 6.45) is 0. The van der Waals surface area contributed by atoms with Crippen molar-refractivity contribution in [3.8, 4) is 0 Å². The molecule has 24 heavy (non-hydrogen) atoms. The normalized spacial score (nSPS) is 15.1. The van der Waals surface area contributed by atoms with Crippen LogP contribution in [0.1, 0.15) is 6.92 Å². The number of nitro benzene ring substituents is 2. The lowest BCUT2D eigenvalue weighted by molar-refractivity contribution is -0.393. The number of hydrogen-bond acceptors (Lipinski definition) is 7. The van der Waals surface area contributed by atoms with Crippen LogP contribution in [0.5, 0.6) is 0 Å². The zero-order valence-electron chi connectivity index (χ0n) is 13.3. The van der Waals surface area contributed by atoms with E-state index in [0.29, 0.717) is 26.2 Å². The number of nitrogens with one attached hydrogen (secondary N) is 1. The van der Waals surface area contributed by atoms with Gasteiger partial charge in [0.2, 0.25) is 5.91 Å². The van der Waals surface area contributed by atoms with Gasteiger partial charge >= 0.3 is 0 Å². The van der Waals surface area contributed by atoms with Crippen molar-refractivity contribution in [1.82, 2.24) is 9.80 Å². The lowest BCUT2D eigenvalue weighted by Gasteiger charge is -2.34. The number of benzene rings is 1. The van der Waals surface area contributed by atoms with E-state index in [-0.39, 0.29) is 23.0 Å². The summed E-state index contributed by atoms with van der Waals surface area (Å²) in [5, 5.41) is 24.7. The van der Waals surface area contributed by atoms with Gasteiger partial charge in [-0.25, -0.2) is 0 Å². The maximum Gasteiger partial charge on any atom is 0.299 e. The summed E-state index contributed by atoms with van der Waals surface area (Å²) in [6, 6.07) is 3.54. The van der Waals surface area contributed by atoms with Crippen LogP contribution in [0, 0.1) is 20.2 Å². The van der Waals surface area contributed by atoms with Gasteiger partial charge in [-0.1, -0.05) is 0 Å². The van der Waals surface area contributed by atoms with Gasteiger partial charge in [-0.15, -0.1) is 0 Å². The molecule has 1 aliphatic heterocycles. The van der Waals surface area contributed by atoms with Crippen LogP contribution in [0.3, 0.4) is 0 Å². The second-order valence-electron chi connectivity index (χ2n) is 5.49. The Morgan fingerprint density at radius 2 is 1.83 bits per heavy atom. The summed E-state index contributed by atoms with van der Waals surface area (Å²) in [5.41, 5.74) is -0.369. The largest absolute Gasteiger partial charge is 0.378 e. The molecule has 10 nitrogen and oxygen atoms in total. The Balaban J connectivity index is 1.89. The first-order valence-electron chi connectivity index (χ1n) is 7.53. The molecule has 0 aromatic heterocycles. The fourth-order valence-electron chi connectivity index (χ4n) is 2.57. The molecule has 2 rings (SSSR count). The number of rotatable bonds is 6. The fourth-order valence-corrected chi connectivity index (χ4v) is 2.57. The molecular weight excluding hydrogens is 318 g/mol. The van der Waals surface area contributed by atoms with E-state index in [0.717, 1.165) is 19.2 Å². The molecule has 0 saturated carbocycles. The van der Waals surface area contributed by atoms with E-state index < -0.39 is 9.85 Å². The first kappa shape index (κ1) is 17.6. The zero-order valence-corrected chi connectivity index (χ0v) is 13.3. The highest BCUT2D eigenvalue weighted by Gasteiger charge is 2.20. The molecule has 130 valence electrons. The second kappa shape index (κ2) is 7.68. The van der Waals surface area contributed by atoms with Gasteiger partial charge in [0.05, 0.1) is 15.9 Å². The monoisotopic (exact) mass is 337 g/mol. The fraction of sp³-hybridized carbons (Fsp3) is 0.500. The highest BCUT2D eigenvalue weighted by atomic mass is 16.6. The van der Waals surface area contributed by atoms with E-state index in [2.05, 4.69) is 10.2 Å². The zero-order chi connectivity index (χ0) is 17.7. The standard InChI is InChI=1S/C14H19N5O5/c1-11(20)17-8-6-16(7-9-17)5-4-15-13-3-2-12(18(21)22)10-14(13)19(23)24/h2-3,10,15H,4-9H2,1H3. The Morgan fingerprint density at radius 3 is 2.38 bits per heavy atom. The number of anilines is 1. The van der Waals surface area contributed by atoms with Crippen LogP contribution < -0.4 is 5.32 Å². The first-order valence-corrected chi connectivity index (χ1v) is 7.53. The van der Waals surface area contributed by atoms with Gasteiger partial charge in [-0.3, -0.25) is 29.9 Å². The molecule has 0 spiro atoms. The summed E-state index contributed by atoms with van der Waals surface area (Å²) in [5.74, 6) is 0.0641. The van der Waals surface area contributed by atoms with Crippen LogP contribution in [-0.2, 0) is 4.79 Å². The number of non-ortho nitro benzene ring substituents is 1. The lowest BCUT2D eigenvalue weighted by Crippen LogP contribution is -2.49. The Labute approximate surface area is 138 Å². The van der Waals surface area contributed by atoms with Gasteiger partial charge in [0.1, 0.15) is 5.69 Å². The molecule has 0 bridgehead atoms. The highest BCUT2D eigenvalue weighted by molar-refractivity contribution is 5.73. The number of hydrogen-bond donors (Lipinski definition) is 1. The summed E-state index contributed by atoms with van der Waals surface area (Å²) in [4.78, 5) is 35.7. The van der Waals surface area contributed by atoms with E-state index in [4.69, 9.17) is 0 Å². The van der Waals surface area contributed by atoms with Crippen molar-refractivity contribution in [3.63, 3.8) is 0 Å². The van der Waals surface area contributed by atoms with E-state index in [1.165, 1.54) is 12.1 Å². The molecule has 1 fully saturated rings. The molecule has 1 heterocycles. The lowest BCUT2D eigenvalue weighted by atomic mass is 10.2. The van der Waals surface area contributed by atoms with E-state index in [1.54, 1.807) is 11.8 Å². The van der Waals surface area contributed by atoms with Crippen molar-refractivity contribution in [2.24, 2.45) is 0 Å². The molecule has 1 N–H and O–H groups in total. The van der Waals surface area contributed by atoms with Crippen LogP contribution in [0.2, 0.25) is 0 Å². The Bertz CT molecular complexity index is 642. The summed E-state index contributed by atoms with van der Waals surface area (Å²) in [6.45, 7) is 5.54. The van der Waals surface area contributed by atoms with Crippen LogP contribution in [0.4, 0.5) is 17.1 Å². The minimum Gasteiger partial charge on any atom is -0.378 e. The second-order valence-corrected chi connectivity index (χ2v) is 5.49. The van der Waals surface area contributed by atoms with Crippen LogP contribution in [0.25, 0.3) is 0 Å². The Morgan fingerprint density at radius 1 is 1.17 bits per heavy atom. The molecule has 0 unspecified atom stereocenters. The average Bonchev–Trinajstić information content (AvgIpc) is 2.55. The summed E-state index contributed by atoms with van der Waals surface area (Å²) < 4.78 is 0. The third-order valence-electron chi connectivity index (χ3n) is 3.95. The van der Waals surface area contributed by atoms with Crippen LogP contribution in [0.15, 0.2) is 18.2 Å². The average molecular weight is 337 g/mol. The Hall–Kier alpha value is -2.75. The molecule has 1 aliphatic rings. The van der Waals surface area contributed by atoms with Crippen molar-refractivity contribution in [3.05, 3.63) is 38.4 Å². The van der Waals surface area contributed by atoms with Crippen molar-refractivity contribution in [2.75, 3.05) is 44.6 Å². The molecular formula is C14H19N5O5. The van der Waals surface area contributed by atoms with Crippen molar-refractivity contribution >= 4 is 23.0 Å². The minimum atomic E-state index is -0.661. The number of nitro groups is 2. The number of carbonyl (C=O) groups is 1. The van der Waals surface area contributed by atoms with Gasteiger partial charge in [-0.05, 0) is 6.07 Å². The number of nitrogens with zero attached hydrogens (tertiary/aromatic N) is 4. The van der Waals surface area contributed by atoms with Gasteiger partial charge in [-0.2, -0.15) is 0 Å². The van der Waals surface area contributed by atoms with Gasteiger partial charge < -0.3 is 10.2 Å². The quantitative estimate of drug-likeness (QED) is 0.608. The van der Waals surface area contributed by atoms with E-state index in [1.807, 2.05) is 0 Å². The van der Waals surface area contributed by atoms with Crippen molar-refractivity contribution in [2.45, 2.75) is 6.92 Å². The third kappa shape index (κ3) is 4.38. The van der Waals surface area contributed by atoms with Crippen molar-refractivity contribution < 1.29 is 14.6 Å². The SMILES string of the molecule is CC(=O)N1CCN(CCNc2ccc([N+](=O)[O-])cc2[N+](=O)[O-])CC1. The molecule has 0 radical (unpaired) electrons. The predicted octanol–water partition coefficient (Wildman–Crippen LogP) is 1.08. The van der Waals surface area contributed by atoms with Crippen LogP contribution >= 0.6 is 0 Å². The summed E-state index contributed by atoms with van der Waals surface area (Å²) >= 11 is 0. The Kier molecular flexibility index (Phi) is 5.64. The third-order valence-corrected chi connectivity index (χ3v) is 3.95. The highest BCUT2D eigenvalue weighted by Crippen LogP contribution is 2.28. The molecule has 1 aromatic carbocycles. The molecule has 0 aliphatic carbocycles. The molecule has 0 atom stereocenters. The number of amides is 1. The van der Waals surface area contributed by atoms with Crippen LogP contribution in [-0.4, -0.2) is 64.8 Å². The predicted molar refractivity (Wildman–Crippen MR) is 86.9 cm³/mol. The first-order chi connectivity index (χ1) is 11.4. The van der Waals surface area contributed by atoms with Crippen molar-refractivity contribution in [1.29, 1.82) is 0 Å². The van der Waals surface area contributed by atoms with E-state index in [9.17, 15) is 25.0 Å². The minimum absolute atomic E-state index is 0.0641. The van der Waals surface area contributed by atoms with Gasteiger partial charge in [0, 0.05) is 52.3 Å². The maximum absolute atomic E-state index is 11.3. The van der Waals surface area contributed by atoms with Gasteiger partial charge in [0.15, 0.2) is 0 Å². The smallest absolute Gasteiger partial charge is 0.299 e. The molecule has 1 amide bonds. The summed E-state index contributed by atoms with van der Waals surface area (Å²) in [7, 11) is 0. The topological polar surface area (TPSA) is 122 Å². The molecule has 1 saturated heterocycles. The number of piperazine rings is 1. The maximum atomic E-state index is 11.3. The van der Waals surface area contributed by atoms with E-state index >= 15 is 0 Å². The molecule has 10 heteroatoms.